The maximum atomic E-state index is 12.3. The standard InChI is InChI=1S/C14H10Cl2N4O/c15-11-7-5-10(6-8-11)9-19-14(21)20(18-17-19)13-4-2-1-3-12(13)16/h1-8H,9H2. The Morgan fingerprint density at radius 1 is 0.952 bits per heavy atom. The molecular formula is C14H10Cl2N4O. The number of rotatable bonds is 3. The second-order valence-electron chi connectivity index (χ2n) is 4.41. The first-order valence-electron chi connectivity index (χ1n) is 6.17. The summed E-state index contributed by atoms with van der Waals surface area (Å²) < 4.78 is 2.45. The van der Waals surface area contributed by atoms with Crippen LogP contribution >= 0.6 is 23.2 Å². The van der Waals surface area contributed by atoms with Crippen molar-refractivity contribution in [3.8, 4) is 5.69 Å². The van der Waals surface area contributed by atoms with Crippen molar-refractivity contribution in [1.82, 2.24) is 19.8 Å². The van der Waals surface area contributed by atoms with Crippen LogP contribution in [-0.2, 0) is 6.54 Å². The number of halogens is 2. The molecule has 5 nitrogen and oxygen atoms in total. The minimum atomic E-state index is -0.349. The van der Waals surface area contributed by atoms with Crippen molar-refractivity contribution in [2.45, 2.75) is 6.54 Å². The van der Waals surface area contributed by atoms with Crippen molar-refractivity contribution in [1.29, 1.82) is 0 Å². The molecule has 3 rings (SSSR count). The molecule has 0 N–H and O–H groups in total. The van der Waals surface area contributed by atoms with Gasteiger partial charge in [0, 0.05) is 5.02 Å². The monoisotopic (exact) mass is 320 g/mol. The molecule has 106 valence electrons. The van der Waals surface area contributed by atoms with Gasteiger partial charge in [-0.1, -0.05) is 47.5 Å². The van der Waals surface area contributed by atoms with Crippen LogP contribution in [0.3, 0.4) is 0 Å². The van der Waals surface area contributed by atoms with Crippen LogP contribution in [0.1, 0.15) is 5.56 Å². The molecule has 2 aromatic carbocycles. The molecule has 1 heterocycles. The Bertz CT molecular complexity index is 823. The van der Waals surface area contributed by atoms with Crippen molar-refractivity contribution in [3.05, 3.63) is 74.6 Å². The van der Waals surface area contributed by atoms with Crippen LogP contribution in [0.2, 0.25) is 10.0 Å². The highest BCUT2D eigenvalue weighted by Crippen LogP contribution is 2.17. The Hall–Kier alpha value is -2.11. The third-order valence-corrected chi connectivity index (χ3v) is 3.54. The maximum absolute atomic E-state index is 12.3. The Kier molecular flexibility index (Phi) is 3.77. The van der Waals surface area contributed by atoms with Crippen LogP contribution in [0, 0.1) is 0 Å². The Labute approximate surface area is 130 Å². The molecule has 0 spiro atoms. The Balaban J connectivity index is 1.95. The summed E-state index contributed by atoms with van der Waals surface area (Å²) in [5, 5.41) is 8.83. The summed E-state index contributed by atoms with van der Waals surface area (Å²) in [5.74, 6) is 0. The molecule has 0 bridgehead atoms. The van der Waals surface area contributed by atoms with Gasteiger partial charge in [0.2, 0.25) is 0 Å². The lowest BCUT2D eigenvalue weighted by molar-refractivity contribution is 0.632. The van der Waals surface area contributed by atoms with E-state index in [2.05, 4.69) is 10.4 Å². The van der Waals surface area contributed by atoms with Crippen LogP contribution in [0.25, 0.3) is 5.69 Å². The van der Waals surface area contributed by atoms with E-state index in [1.807, 2.05) is 12.1 Å². The van der Waals surface area contributed by atoms with Gasteiger partial charge < -0.3 is 0 Å². The molecule has 0 radical (unpaired) electrons. The van der Waals surface area contributed by atoms with Gasteiger partial charge in [0.15, 0.2) is 0 Å². The number of nitrogens with zero attached hydrogens (tertiary/aromatic N) is 4. The van der Waals surface area contributed by atoms with E-state index < -0.39 is 0 Å². The number of hydrogen-bond donors (Lipinski definition) is 0. The molecule has 0 saturated carbocycles. The fourth-order valence-electron chi connectivity index (χ4n) is 1.91. The zero-order chi connectivity index (χ0) is 14.8. The highest BCUT2D eigenvalue weighted by molar-refractivity contribution is 6.32. The van der Waals surface area contributed by atoms with Crippen molar-refractivity contribution in [3.63, 3.8) is 0 Å². The van der Waals surface area contributed by atoms with E-state index in [0.29, 0.717) is 22.3 Å². The largest absolute Gasteiger partial charge is 0.368 e. The molecule has 0 aliphatic carbocycles. The van der Waals surface area contributed by atoms with Crippen LogP contribution < -0.4 is 5.69 Å². The van der Waals surface area contributed by atoms with Gasteiger partial charge in [-0.15, -0.1) is 0 Å². The van der Waals surface area contributed by atoms with Crippen molar-refractivity contribution in [2.75, 3.05) is 0 Å². The van der Waals surface area contributed by atoms with Crippen LogP contribution in [0.4, 0.5) is 0 Å². The maximum Gasteiger partial charge on any atom is 0.368 e. The van der Waals surface area contributed by atoms with E-state index in [4.69, 9.17) is 23.2 Å². The number of tetrazole rings is 1. The van der Waals surface area contributed by atoms with E-state index in [9.17, 15) is 4.79 Å². The highest BCUT2D eigenvalue weighted by Gasteiger charge is 2.11. The van der Waals surface area contributed by atoms with E-state index in [1.165, 1.54) is 9.36 Å². The molecule has 0 aliphatic rings. The van der Waals surface area contributed by atoms with E-state index in [-0.39, 0.29) is 5.69 Å². The first kappa shape index (κ1) is 13.9. The number of aromatic nitrogens is 4. The summed E-state index contributed by atoms with van der Waals surface area (Å²) in [6, 6.07) is 14.2. The van der Waals surface area contributed by atoms with Gasteiger partial charge in [-0.25, -0.2) is 4.79 Å². The molecule has 0 fully saturated rings. The minimum Gasteiger partial charge on any atom is -0.244 e. The minimum absolute atomic E-state index is 0.320. The average Bonchev–Trinajstić information content (AvgIpc) is 2.83. The van der Waals surface area contributed by atoms with Crippen LogP contribution in [0.5, 0.6) is 0 Å². The molecular weight excluding hydrogens is 311 g/mol. The molecule has 21 heavy (non-hydrogen) atoms. The lowest BCUT2D eigenvalue weighted by Crippen LogP contribution is -2.24. The molecule has 1 aromatic heterocycles. The fourth-order valence-corrected chi connectivity index (χ4v) is 2.25. The topological polar surface area (TPSA) is 52.7 Å². The van der Waals surface area contributed by atoms with Crippen LogP contribution in [0.15, 0.2) is 53.3 Å². The van der Waals surface area contributed by atoms with Crippen LogP contribution in [-0.4, -0.2) is 19.8 Å². The highest BCUT2D eigenvalue weighted by atomic mass is 35.5. The van der Waals surface area contributed by atoms with Gasteiger partial charge in [0.1, 0.15) is 0 Å². The summed E-state index contributed by atoms with van der Waals surface area (Å²) in [7, 11) is 0. The van der Waals surface area contributed by atoms with Gasteiger partial charge in [-0.2, -0.15) is 9.36 Å². The molecule has 0 atom stereocenters. The van der Waals surface area contributed by atoms with Gasteiger partial charge >= 0.3 is 5.69 Å². The summed E-state index contributed by atoms with van der Waals surface area (Å²) >= 11 is 11.9. The number of hydrogen-bond acceptors (Lipinski definition) is 3. The van der Waals surface area contributed by atoms with Gasteiger partial charge in [-0.3, -0.25) is 0 Å². The van der Waals surface area contributed by atoms with E-state index >= 15 is 0 Å². The van der Waals surface area contributed by atoms with Gasteiger partial charge in [0.25, 0.3) is 0 Å². The molecule has 0 saturated heterocycles. The first-order chi connectivity index (χ1) is 10.1. The van der Waals surface area contributed by atoms with Gasteiger partial charge in [-0.05, 0) is 40.3 Å². The van der Waals surface area contributed by atoms with Crippen molar-refractivity contribution < 1.29 is 0 Å². The van der Waals surface area contributed by atoms with Crippen molar-refractivity contribution in [2.24, 2.45) is 0 Å². The molecule has 0 aliphatic heterocycles. The zero-order valence-electron chi connectivity index (χ0n) is 10.8. The smallest absolute Gasteiger partial charge is 0.244 e. The molecule has 0 amide bonds. The van der Waals surface area contributed by atoms with E-state index in [1.54, 1.807) is 36.4 Å². The number of benzene rings is 2. The first-order valence-corrected chi connectivity index (χ1v) is 6.93. The van der Waals surface area contributed by atoms with Gasteiger partial charge in [0.05, 0.1) is 17.3 Å². The summed E-state index contributed by atoms with van der Waals surface area (Å²) in [4.78, 5) is 12.3. The fraction of sp³-hybridized carbons (Fsp3) is 0.0714. The predicted molar refractivity (Wildman–Crippen MR) is 81.2 cm³/mol. The second kappa shape index (κ2) is 5.71. The lowest BCUT2D eigenvalue weighted by Gasteiger charge is -2.01. The Morgan fingerprint density at radius 3 is 2.38 bits per heavy atom. The molecule has 3 aromatic rings. The quantitative estimate of drug-likeness (QED) is 0.745. The third-order valence-electron chi connectivity index (χ3n) is 2.97. The third kappa shape index (κ3) is 2.84. The predicted octanol–water partition coefficient (Wildman–Crippen LogP) is 2.78. The molecule has 0 unspecified atom stereocenters. The molecule has 7 heteroatoms. The van der Waals surface area contributed by atoms with Crippen molar-refractivity contribution >= 4 is 23.2 Å². The Morgan fingerprint density at radius 2 is 1.67 bits per heavy atom. The average molecular weight is 321 g/mol. The summed E-state index contributed by atoms with van der Waals surface area (Å²) in [6.45, 7) is 0.320. The summed E-state index contributed by atoms with van der Waals surface area (Å²) in [5.41, 5.74) is 1.07. The lowest BCUT2D eigenvalue weighted by atomic mass is 10.2. The van der Waals surface area contributed by atoms with E-state index in [0.717, 1.165) is 5.56 Å². The second-order valence-corrected chi connectivity index (χ2v) is 5.25. The zero-order valence-corrected chi connectivity index (χ0v) is 12.3. The SMILES string of the molecule is O=c1n(Cc2ccc(Cl)cc2)nnn1-c1ccccc1Cl. The normalized spacial score (nSPS) is 10.8. The number of para-hydroxylation sites is 1. The summed E-state index contributed by atoms with van der Waals surface area (Å²) in [6.07, 6.45) is 0.